The molecule has 2 heterocycles. The second-order valence-electron chi connectivity index (χ2n) is 6.31. The topological polar surface area (TPSA) is 59.0 Å². The fourth-order valence-electron chi connectivity index (χ4n) is 3.20. The van der Waals surface area contributed by atoms with Gasteiger partial charge in [0, 0.05) is 23.3 Å². The van der Waals surface area contributed by atoms with Crippen molar-refractivity contribution in [2.75, 3.05) is 13.1 Å². The molecule has 0 spiro atoms. The van der Waals surface area contributed by atoms with Gasteiger partial charge < -0.3 is 10.6 Å². The van der Waals surface area contributed by atoms with Crippen LogP contribution < -0.4 is 10.6 Å². The number of aryl methyl sites for hydroxylation is 1. The van der Waals surface area contributed by atoms with Gasteiger partial charge in [-0.15, -0.1) is 12.4 Å². The van der Waals surface area contributed by atoms with Crippen LogP contribution in [-0.4, -0.2) is 34.8 Å². The molecule has 5 nitrogen and oxygen atoms in total. The number of carbonyl (C=O) groups is 1. The summed E-state index contributed by atoms with van der Waals surface area (Å²) in [6, 6.07) is 7.90. The highest BCUT2D eigenvalue weighted by atomic mass is 35.5. The summed E-state index contributed by atoms with van der Waals surface area (Å²) in [6.45, 7) is 6.23. The van der Waals surface area contributed by atoms with Crippen molar-refractivity contribution in [3.05, 3.63) is 51.8 Å². The van der Waals surface area contributed by atoms with E-state index in [9.17, 15) is 4.79 Å². The van der Waals surface area contributed by atoms with E-state index in [2.05, 4.69) is 15.7 Å². The van der Waals surface area contributed by atoms with Crippen LogP contribution in [0.4, 0.5) is 0 Å². The average Bonchev–Trinajstić information content (AvgIpc) is 2.84. The third-order valence-electron chi connectivity index (χ3n) is 4.52. The first-order valence-corrected chi connectivity index (χ1v) is 8.73. The summed E-state index contributed by atoms with van der Waals surface area (Å²) in [7, 11) is 0. The lowest BCUT2D eigenvalue weighted by molar-refractivity contribution is 0.0929. The predicted octanol–water partition coefficient (Wildman–Crippen LogP) is 3.11. The molecule has 1 aliphatic rings. The Balaban J connectivity index is 0.00000225. The van der Waals surface area contributed by atoms with Crippen molar-refractivity contribution in [1.82, 2.24) is 20.4 Å². The molecule has 25 heavy (non-hydrogen) atoms. The van der Waals surface area contributed by atoms with Crippen LogP contribution in [0, 0.1) is 13.8 Å². The summed E-state index contributed by atoms with van der Waals surface area (Å²) in [6.07, 6.45) is 2.11. The van der Waals surface area contributed by atoms with Crippen molar-refractivity contribution < 1.29 is 4.79 Å². The molecule has 0 radical (unpaired) electrons. The maximum Gasteiger partial charge on any atom is 0.255 e. The number of nitrogens with zero attached hydrogens (tertiary/aromatic N) is 2. The first-order valence-electron chi connectivity index (χ1n) is 8.35. The summed E-state index contributed by atoms with van der Waals surface area (Å²) >= 11 is 6.24. The Hall–Kier alpha value is -1.56. The fraction of sp³-hybridized carbons (Fsp3) is 0.444. The summed E-state index contributed by atoms with van der Waals surface area (Å²) in [5.41, 5.74) is 3.29. The van der Waals surface area contributed by atoms with E-state index >= 15 is 0 Å². The summed E-state index contributed by atoms with van der Waals surface area (Å²) in [5, 5.41) is 11.7. The Bertz CT molecular complexity index is 739. The van der Waals surface area contributed by atoms with Gasteiger partial charge in [0.2, 0.25) is 0 Å². The van der Waals surface area contributed by atoms with Gasteiger partial charge in [-0.1, -0.05) is 29.8 Å². The Morgan fingerprint density at radius 3 is 2.84 bits per heavy atom. The lowest BCUT2D eigenvalue weighted by Crippen LogP contribution is -2.45. The highest BCUT2D eigenvalue weighted by Crippen LogP contribution is 2.19. The zero-order valence-corrected chi connectivity index (χ0v) is 16.1. The molecule has 136 valence electrons. The Labute approximate surface area is 159 Å². The Kier molecular flexibility index (Phi) is 6.87. The molecule has 0 bridgehead atoms. The SMILES string of the molecule is Cc1nn(Cc2ccccc2Cl)c(C)c1C(=O)NC1CCCNC1.Cl. The molecule has 1 aromatic carbocycles. The zero-order valence-electron chi connectivity index (χ0n) is 14.5. The number of piperidine rings is 1. The van der Waals surface area contributed by atoms with Gasteiger partial charge in [-0.3, -0.25) is 9.48 Å². The molecule has 1 fully saturated rings. The number of nitrogens with one attached hydrogen (secondary N) is 2. The van der Waals surface area contributed by atoms with E-state index in [1.54, 1.807) is 0 Å². The van der Waals surface area contributed by atoms with Gasteiger partial charge in [-0.2, -0.15) is 5.10 Å². The number of benzene rings is 1. The number of hydrogen-bond acceptors (Lipinski definition) is 3. The number of halogens is 2. The van der Waals surface area contributed by atoms with Crippen LogP contribution in [0.2, 0.25) is 5.02 Å². The van der Waals surface area contributed by atoms with Crippen LogP contribution in [0.1, 0.15) is 40.2 Å². The standard InChI is InChI=1S/C18H23ClN4O.ClH/c1-12-17(18(24)21-15-7-5-9-20-10-15)13(2)23(22-12)11-14-6-3-4-8-16(14)19;/h3-4,6,8,15,20H,5,7,9-11H2,1-2H3,(H,21,24);1H. The maximum absolute atomic E-state index is 12.7. The molecular formula is C18H24Cl2N4O. The van der Waals surface area contributed by atoms with Crippen LogP contribution >= 0.6 is 24.0 Å². The van der Waals surface area contributed by atoms with Crippen molar-refractivity contribution in [1.29, 1.82) is 0 Å². The molecule has 3 rings (SSSR count). The molecule has 1 atom stereocenters. The molecule has 1 unspecified atom stereocenters. The van der Waals surface area contributed by atoms with Crippen molar-refractivity contribution in [2.24, 2.45) is 0 Å². The van der Waals surface area contributed by atoms with Crippen LogP contribution in [0.25, 0.3) is 0 Å². The van der Waals surface area contributed by atoms with Crippen LogP contribution in [0.3, 0.4) is 0 Å². The van der Waals surface area contributed by atoms with E-state index in [1.165, 1.54) is 0 Å². The smallest absolute Gasteiger partial charge is 0.255 e. The van der Waals surface area contributed by atoms with Gasteiger partial charge in [0.15, 0.2) is 0 Å². The van der Waals surface area contributed by atoms with E-state index < -0.39 is 0 Å². The fourth-order valence-corrected chi connectivity index (χ4v) is 3.40. The predicted molar refractivity (Wildman–Crippen MR) is 103 cm³/mol. The number of hydrogen-bond donors (Lipinski definition) is 2. The van der Waals surface area contributed by atoms with Gasteiger partial charge in [0.1, 0.15) is 0 Å². The minimum Gasteiger partial charge on any atom is -0.348 e. The first-order chi connectivity index (χ1) is 11.6. The molecule has 0 saturated carbocycles. The van der Waals surface area contributed by atoms with Crippen molar-refractivity contribution in [2.45, 2.75) is 39.3 Å². The van der Waals surface area contributed by atoms with Crippen molar-refractivity contribution in [3.8, 4) is 0 Å². The molecule has 1 aliphatic heterocycles. The largest absolute Gasteiger partial charge is 0.348 e. The summed E-state index contributed by atoms with van der Waals surface area (Å²) in [4.78, 5) is 12.7. The monoisotopic (exact) mass is 382 g/mol. The molecule has 2 aromatic rings. The van der Waals surface area contributed by atoms with E-state index in [4.69, 9.17) is 11.6 Å². The molecule has 1 aromatic heterocycles. The normalized spacial score (nSPS) is 17.0. The quantitative estimate of drug-likeness (QED) is 0.853. The highest BCUT2D eigenvalue weighted by molar-refractivity contribution is 6.31. The minimum absolute atomic E-state index is 0. The number of carbonyl (C=O) groups excluding carboxylic acids is 1. The number of amides is 1. The molecular weight excluding hydrogens is 359 g/mol. The Morgan fingerprint density at radius 1 is 1.40 bits per heavy atom. The minimum atomic E-state index is -0.0379. The third-order valence-corrected chi connectivity index (χ3v) is 4.89. The second-order valence-corrected chi connectivity index (χ2v) is 6.72. The Morgan fingerprint density at radius 2 is 2.16 bits per heavy atom. The van der Waals surface area contributed by atoms with Crippen molar-refractivity contribution >= 4 is 29.9 Å². The zero-order chi connectivity index (χ0) is 17.1. The number of rotatable bonds is 4. The van der Waals surface area contributed by atoms with Gasteiger partial charge in [0.25, 0.3) is 5.91 Å². The van der Waals surface area contributed by atoms with Crippen LogP contribution in [0.5, 0.6) is 0 Å². The van der Waals surface area contributed by atoms with Crippen molar-refractivity contribution in [3.63, 3.8) is 0 Å². The van der Waals surface area contributed by atoms with Gasteiger partial charge >= 0.3 is 0 Å². The lowest BCUT2D eigenvalue weighted by atomic mass is 10.1. The second kappa shape index (κ2) is 8.70. The molecule has 1 saturated heterocycles. The molecule has 2 N–H and O–H groups in total. The van der Waals surface area contributed by atoms with Crippen LogP contribution in [0.15, 0.2) is 24.3 Å². The van der Waals surface area contributed by atoms with E-state index in [0.717, 1.165) is 42.9 Å². The number of aromatic nitrogens is 2. The summed E-state index contributed by atoms with van der Waals surface area (Å²) in [5.74, 6) is -0.0379. The summed E-state index contributed by atoms with van der Waals surface area (Å²) < 4.78 is 1.85. The van der Waals surface area contributed by atoms with E-state index in [-0.39, 0.29) is 24.4 Å². The highest BCUT2D eigenvalue weighted by Gasteiger charge is 2.22. The van der Waals surface area contributed by atoms with E-state index in [1.807, 2.05) is 42.8 Å². The average molecular weight is 383 g/mol. The molecule has 1 amide bonds. The van der Waals surface area contributed by atoms with E-state index in [0.29, 0.717) is 17.1 Å². The molecule has 7 heteroatoms. The lowest BCUT2D eigenvalue weighted by Gasteiger charge is -2.23. The van der Waals surface area contributed by atoms with Gasteiger partial charge in [-0.05, 0) is 44.9 Å². The maximum atomic E-state index is 12.7. The van der Waals surface area contributed by atoms with Crippen LogP contribution in [-0.2, 0) is 6.54 Å². The first kappa shape index (κ1) is 19.8. The third kappa shape index (κ3) is 4.54. The van der Waals surface area contributed by atoms with Gasteiger partial charge in [-0.25, -0.2) is 0 Å². The molecule has 0 aliphatic carbocycles. The van der Waals surface area contributed by atoms with Gasteiger partial charge in [0.05, 0.1) is 17.8 Å².